The summed E-state index contributed by atoms with van der Waals surface area (Å²) >= 11 is 0. The zero-order valence-corrected chi connectivity index (χ0v) is 13.2. The van der Waals surface area contributed by atoms with E-state index >= 15 is 0 Å². The molecule has 2 unspecified atom stereocenters. The van der Waals surface area contributed by atoms with Crippen LogP contribution >= 0.6 is 0 Å². The van der Waals surface area contributed by atoms with Crippen LogP contribution in [-0.2, 0) is 4.79 Å². The Morgan fingerprint density at radius 2 is 1.82 bits per heavy atom. The van der Waals surface area contributed by atoms with Gasteiger partial charge in [0.2, 0.25) is 5.91 Å². The maximum Gasteiger partial charge on any atom is 0.224 e. The lowest BCUT2D eigenvalue weighted by atomic mass is 10.0. The van der Waals surface area contributed by atoms with Gasteiger partial charge in [-0.15, -0.1) is 0 Å². The molecule has 2 saturated heterocycles. The molecule has 0 spiro atoms. The van der Waals surface area contributed by atoms with Gasteiger partial charge in [0.25, 0.3) is 0 Å². The average molecular weight is 304 g/mol. The fourth-order valence-electron chi connectivity index (χ4n) is 3.02. The van der Waals surface area contributed by atoms with Crippen LogP contribution in [-0.4, -0.2) is 62.3 Å². The van der Waals surface area contributed by atoms with Crippen molar-refractivity contribution < 1.29 is 9.53 Å². The number of amides is 1. The van der Waals surface area contributed by atoms with E-state index in [1.54, 1.807) is 7.11 Å². The largest absolute Gasteiger partial charge is 0.497 e. The molecule has 2 aliphatic rings. The number of piperazine rings is 1. The van der Waals surface area contributed by atoms with E-state index in [-0.39, 0.29) is 18.2 Å². The molecule has 1 aromatic rings. The molecular formula is C16H24N4O2. The van der Waals surface area contributed by atoms with Crippen molar-refractivity contribution in [3.63, 3.8) is 0 Å². The number of nitrogens with one attached hydrogen (secondary N) is 2. The zero-order valence-electron chi connectivity index (χ0n) is 13.2. The molecule has 2 N–H and O–H groups in total. The van der Waals surface area contributed by atoms with E-state index in [9.17, 15) is 4.79 Å². The standard InChI is InChI=1S/C16H24N4O2/c1-19-7-9-20(10-8-19)16-17-14(11-15(21)18-16)12-3-5-13(22-2)6-4-12/h3-6,14,16-17H,7-11H2,1-2H3,(H,18,21). The molecule has 0 bridgehead atoms. The monoisotopic (exact) mass is 304 g/mol. The smallest absolute Gasteiger partial charge is 0.224 e. The molecule has 0 aromatic heterocycles. The van der Waals surface area contributed by atoms with Gasteiger partial charge >= 0.3 is 0 Å². The Morgan fingerprint density at radius 1 is 1.14 bits per heavy atom. The van der Waals surface area contributed by atoms with Crippen LogP contribution in [0.4, 0.5) is 0 Å². The van der Waals surface area contributed by atoms with Crippen molar-refractivity contribution in [3.05, 3.63) is 29.8 Å². The van der Waals surface area contributed by atoms with Gasteiger partial charge in [-0.3, -0.25) is 15.0 Å². The second-order valence-electron chi connectivity index (χ2n) is 6.01. The van der Waals surface area contributed by atoms with Gasteiger partial charge in [0.05, 0.1) is 7.11 Å². The third-order valence-electron chi connectivity index (χ3n) is 4.47. The van der Waals surface area contributed by atoms with Gasteiger partial charge in [-0.25, -0.2) is 0 Å². The molecule has 1 amide bonds. The Labute approximate surface area is 131 Å². The minimum absolute atomic E-state index is 0.0457. The first kappa shape index (κ1) is 15.3. The van der Waals surface area contributed by atoms with E-state index in [1.165, 1.54) is 0 Å². The Balaban J connectivity index is 1.68. The highest BCUT2D eigenvalue weighted by molar-refractivity contribution is 5.78. The lowest BCUT2D eigenvalue weighted by Gasteiger charge is -2.42. The van der Waals surface area contributed by atoms with Crippen molar-refractivity contribution in [1.29, 1.82) is 0 Å². The summed E-state index contributed by atoms with van der Waals surface area (Å²) in [7, 11) is 3.79. The van der Waals surface area contributed by atoms with Crippen LogP contribution in [0.25, 0.3) is 0 Å². The SMILES string of the molecule is COc1ccc(C2CC(=O)NC(N3CCN(C)CC3)N2)cc1. The van der Waals surface area contributed by atoms with E-state index < -0.39 is 0 Å². The highest BCUT2D eigenvalue weighted by Crippen LogP contribution is 2.23. The van der Waals surface area contributed by atoms with Gasteiger partial charge in [-0.05, 0) is 24.7 Å². The number of ether oxygens (including phenoxy) is 1. The third-order valence-corrected chi connectivity index (χ3v) is 4.47. The predicted molar refractivity (Wildman–Crippen MR) is 84.5 cm³/mol. The minimum Gasteiger partial charge on any atom is -0.497 e. The average Bonchev–Trinajstić information content (AvgIpc) is 2.55. The van der Waals surface area contributed by atoms with Gasteiger partial charge < -0.3 is 15.0 Å². The van der Waals surface area contributed by atoms with E-state index in [0.29, 0.717) is 6.42 Å². The first-order chi connectivity index (χ1) is 10.7. The van der Waals surface area contributed by atoms with Crippen molar-refractivity contribution in [3.8, 4) is 5.75 Å². The summed E-state index contributed by atoms with van der Waals surface area (Å²) in [5, 5.41) is 6.61. The topological polar surface area (TPSA) is 56.8 Å². The first-order valence-electron chi connectivity index (χ1n) is 7.77. The van der Waals surface area contributed by atoms with Crippen LogP contribution in [0.1, 0.15) is 18.0 Å². The van der Waals surface area contributed by atoms with Crippen LogP contribution in [0.3, 0.4) is 0 Å². The highest BCUT2D eigenvalue weighted by Gasteiger charge is 2.31. The third kappa shape index (κ3) is 3.40. The molecule has 0 saturated carbocycles. The molecule has 2 fully saturated rings. The molecule has 0 radical (unpaired) electrons. The van der Waals surface area contributed by atoms with E-state index in [2.05, 4.69) is 27.5 Å². The summed E-state index contributed by atoms with van der Waals surface area (Å²) in [4.78, 5) is 16.7. The molecule has 2 heterocycles. The van der Waals surface area contributed by atoms with Crippen molar-refractivity contribution in [2.24, 2.45) is 0 Å². The Morgan fingerprint density at radius 3 is 2.45 bits per heavy atom. The lowest BCUT2D eigenvalue weighted by molar-refractivity contribution is -0.127. The van der Waals surface area contributed by atoms with Crippen molar-refractivity contribution in [2.45, 2.75) is 18.8 Å². The maximum absolute atomic E-state index is 12.1. The summed E-state index contributed by atoms with van der Waals surface area (Å²) < 4.78 is 5.19. The summed E-state index contributed by atoms with van der Waals surface area (Å²) in [6.45, 7) is 3.98. The lowest BCUT2D eigenvalue weighted by Crippen LogP contribution is -2.64. The molecule has 120 valence electrons. The summed E-state index contributed by atoms with van der Waals surface area (Å²) in [6.07, 6.45) is 0.387. The van der Waals surface area contributed by atoms with Crippen LogP contribution in [0.5, 0.6) is 5.75 Å². The number of carbonyl (C=O) groups excluding carboxylic acids is 1. The normalized spacial score (nSPS) is 27.5. The summed E-state index contributed by atoms with van der Waals surface area (Å²) in [5.74, 6) is 0.933. The summed E-state index contributed by atoms with van der Waals surface area (Å²) in [5.41, 5.74) is 1.12. The molecule has 2 atom stereocenters. The van der Waals surface area contributed by atoms with Crippen molar-refractivity contribution in [2.75, 3.05) is 40.3 Å². The molecule has 22 heavy (non-hydrogen) atoms. The van der Waals surface area contributed by atoms with Crippen LogP contribution in [0, 0.1) is 0 Å². The number of carbonyl (C=O) groups is 1. The quantitative estimate of drug-likeness (QED) is 0.845. The Hall–Kier alpha value is -1.63. The van der Waals surface area contributed by atoms with Gasteiger partial charge in [0.15, 0.2) is 0 Å². The molecule has 6 heteroatoms. The van der Waals surface area contributed by atoms with Crippen LogP contribution in [0.15, 0.2) is 24.3 Å². The number of likely N-dealkylation sites (N-methyl/N-ethyl adjacent to an activating group) is 1. The number of hydrogen-bond donors (Lipinski definition) is 2. The summed E-state index contributed by atoms with van der Waals surface area (Å²) in [6, 6.07) is 7.97. The number of benzene rings is 1. The molecule has 2 aliphatic heterocycles. The van der Waals surface area contributed by atoms with E-state index in [1.807, 2.05) is 24.3 Å². The van der Waals surface area contributed by atoms with Crippen molar-refractivity contribution >= 4 is 5.91 Å². The van der Waals surface area contributed by atoms with Crippen LogP contribution in [0.2, 0.25) is 0 Å². The number of rotatable bonds is 3. The van der Waals surface area contributed by atoms with E-state index in [4.69, 9.17) is 4.74 Å². The Bertz CT molecular complexity index is 511. The van der Waals surface area contributed by atoms with Gasteiger partial charge in [-0.1, -0.05) is 12.1 Å². The molecular weight excluding hydrogens is 280 g/mol. The van der Waals surface area contributed by atoms with Crippen LogP contribution < -0.4 is 15.4 Å². The maximum atomic E-state index is 12.1. The minimum atomic E-state index is -0.0814. The fraction of sp³-hybridized carbons (Fsp3) is 0.562. The predicted octanol–water partition coefficient (Wildman–Crippen LogP) is 0.377. The molecule has 1 aromatic carbocycles. The molecule has 0 aliphatic carbocycles. The van der Waals surface area contributed by atoms with Crippen molar-refractivity contribution in [1.82, 2.24) is 20.4 Å². The molecule has 3 rings (SSSR count). The van der Waals surface area contributed by atoms with Gasteiger partial charge in [0, 0.05) is 38.6 Å². The number of hydrogen-bond acceptors (Lipinski definition) is 5. The zero-order chi connectivity index (χ0) is 15.5. The fourth-order valence-corrected chi connectivity index (χ4v) is 3.02. The second kappa shape index (κ2) is 6.64. The van der Waals surface area contributed by atoms with Gasteiger partial charge in [0.1, 0.15) is 12.0 Å². The second-order valence-corrected chi connectivity index (χ2v) is 6.01. The highest BCUT2D eigenvalue weighted by atomic mass is 16.5. The molecule has 6 nitrogen and oxygen atoms in total. The number of nitrogens with zero attached hydrogens (tertiary/aromatic N) is 2. The van der Waals surface area contributed by atoms with E-state index in [0.717, 1.165) is 37.5 Å². The number of methoxy groups -OCH3 is 1. The first-order valence-corrected chi connectivity index (χ1v) is 7.77. The Kier molecular flexibility index (Phi) is 4.61. The van der Waals surface area contributed by atoms with Gasteiger partial charge in [-0.2, -0.15) is 0 Å².